The maximum Gasteiger partial charge on any atom is 0.139 e. The Morgan fingerprint density at radius 3 is 2.71 bits per heavy atom. The molecule has 0 saturated heterocycles. The number of carbonyl (C=O) groups excluding carboxylic acids is 1. The zero-order valence-corrected chi connectivity index (χ0v) is 11.4. The number of allylic oxidation sites excluding steroid dienone is 1. The van der Waals surface area contributed by atoms with Crippen molar-refractivity contribution < 1.29 is 4.79 Å². The summed E-state index contributed by atoms with van der Waals surface area (Å²) in [5, 5.41) is 7.10. The molecule has 0 bridgehead atoms. The molecule has 1 atom stereocenters. The molecule has 1 fully saturated rings. The predicted molar refractivity (Wildman–Crippen MR) is 80.1 cm³/mol. The highest BCUT2D eigenvalue weighted by molar-refractivity contribution is 5.85. The minimum atomic E-state index is -0.0826. The normalized spacial score (nSPS) is 18.1. The fourth-order valence-corrected chi connectivity index (χ4v) is 2.40. The third-order valence-electron chi connectivity index (χ3n) is 3.45. The third-order valence-corrected chi connectivity index (χ3v) is 3.45. The van der Waals surface area contributed by atoms with E-state index in [1.54, 1.807) is 24.3 Å². The van der Waals surface area contributed by atoms with Crippen LogP contribution in [0.2, 0.25) is 0 Å². The quantitative estimate of drug-likeness (QED) is 0.413. The van der Waals surface area contributed by atoms with Crippen LogP contribution in [0, 0.1) is 5.92 Å². The van der Waals surface area contributed by atoms with E-state index in [0.29, 0.717) is 12.0 Å². The van der Waals surface area contributed by atoms with Crippen molar-refractivity contribution in [1.29, 1.82) is 0 Å². The first-order valence-corrected chi connectivity index (χ1v) is 6.70. The topological polar surface area (TPSA) is 115 Å². The minimum absolute atomic E-state index is 0.0826. The van der Waals surface area contributed by atoms with E-state index in [-0.39, 0.29) is 23.1 Å². The van der Waals surface area contributed by atoms with Gasteiger partial charge in [0.1, 0.15) is 5.78 Å². The molecule has 1 aromatic rings. The van der Waals surface area contributed by atoms with Gasteiger partial charge in [-0.05, 0) is 29.5 Å². The Balaban J connectivity index is 2.34. The summed E-state index contributed by atoms with van der Waals surface area (Å²) in [7, 11) is 0. The lowest BCUT2D eigenvalue weighted by molar-refractivity contribution is -0.122. The molecular weight excluding hydrogens is 268 g/mol. The van der Waals surface area contributed by atoms with E-state index in [0.717, 1.165) is 19.3 Å². The van der Waals surface area contributed by atoms with E-state index in [4.69, 9.17) is 11.1 Å². The van der Waals surface area contributed by atoms with Gasteiger partial charge in [0.2, 0.25) is 0 Å². The number of nitrogens with zero attached hydrogens (tertiary/aromatic N) is 6. The number of rotatable bonds is 4. The first-order chi connectivity index (χ1) is 10.3. The van der Waals surface area contributed by atoms with Crippen LogP contribution < -0.4 is 0 Å². The van der Waals surface area contributed by atoms with Gasteiger partial charge in [0.05, 0.1) is 5.69 Å². The van der Waals surface area contributed by atoms with E-state index in [2.05, 4.69) is 20.1 Å². The van der Waals surface area contributed by atoms with Gasteiger partial charge in [0, 0.05) is 27.8 Å². The maximum atomic E-state index is 11.8. The highest BCUT2D eigenvalue weighted by Crippen LogP contribution is 2.33. The van der Waals surface area contributed by atoms with Crippen molar-refractivity contribution in [2.24, 2.45) is 16.1 Å². The first-order valence-electron chi connectivity index (χ1n) is 6.70. The van der Waals surface area contributed by atoms with Crippen LogP contribution in [0.3, 0.4) is 0 Å². The van der Waals surface area contributed by atoms with Gasteiger partial charge in [-0.25, -0.2) is 0 Å². The lowest BCUT2D eigenvalue weighted by atomic mass is 9.87. The van der Waals surface area contributed by atoms with Crippen LogP contribution >= 0.6 is 0 Å². The van der Waals surface area contributed by atoms with Gasteiger partial charge < -0.3 is 0 Å². The molecular formula is C14H14N6O. The summed E-state index contributed by atoms with van der Waals surface area (Å²) < 4.78 is 0. The van der Waals surface area contributed by atoms with E-state index in [1.165, 1.54) is 0 Å². The van der Waals surface area contributed by atoms with Crippen molar-refractivity contribution in [2.45, 2.75) is 25.7 Å². The van der Waals surface area contributed by atoms with Crippen LogP contribution in [0.1, 0.15) is 31.2 Å². The van der Waals surface area contributed by atoms with Gasteiger partial charge >= 0.3 is 0 Å². The molecule has 0 N–H and O–H groups in total. The molecule has 106 valence electrons. The average molecular weight is 282 g/mol. The van der Waals surface area contributed by atoms with Crippen LogP contribution in [0.4, 0.5) is 11.4 Å². The molecule has 0 amide bonds. The number of hydrogen-bond acceptors (Lipinski definition) is 3. The summed E-state index contributed by atoms with van der Waals surface area (Å²) >= 11 is 0. The smallest absolute Gasteiger partial charge is 0.139 e. The van der Waals surface area contributed by atoms with E-state index >= 15 is 0 Å². The lowest BCUT2D eigenvalue weighted by Gasteiger charge is -2.16. The first kappa shape index (κ1) is 14.7. The second kappa shape index (κ2) is 7.14. The van der Waals surface area contributed by atoms with Gasteiger partial charge in [0.25, 0.3) is 0 Å². The largest absolute Gasteiger partial charge is 0.299 e. The van der Waals surface area contributed by atoms with Crippen molar-refractivity contribution in [1.82, 2.24) is 0 Å². The third kappa shape index (κ3) is 3.63. The SMILES string of the molecule is [N-]=[N+]=Nc1cccc(C=CC2CCCCC2=O)c1N=[N+]=[N-]. The monoisotopic (exact) mass is 282 g/mol. The van der Waals surface area contributed by atoms with Crippen molar-refractivity contribution in [3.63, 3.8) is 0 Å². The zero-order chi connectivity index (χ0) is 15.1. The molecule has 1 aliphatic carbocycles. The molecule has 7 nitrogen and oxygen atoms in total. The van der Waals surface area contributed by atoms with Gasteiger partial charge in [-0.3, -0.25) is 4.79 Å². The van der Waals surface area contributed by atoms with Crippen LogP contribution in [-0.4, -0.2) is 5.78 Å². The van der Waals surface area contributed by atoms with Crippen molar-refractivity contribution in [3.8, 4) is 0 Å². The summed E-state index contributed by atoms with van der Waals surface area (Å²) in [5.74, 6) is 0.162. The standard InChI is InChI=1S/C14H14N6O/c15-19-17-12-6-3-5-11(14(12)18-20-16)9-8-10-4-1-2-7-13(10)21/h3,5-6,8-10H,1-2,4,7H2. The number of carbonyl (C=O) groups is 1. The van der Waals surface area contributed by atoms with Gasteiger partial charge in [-0.1, -0.05) is 47.0 Å². The lowest BCUT2D eigenvalue weighted by Crippen LogP contribution is -2.16. The van der Waals surface area contributed by atoms with Crippen LogP contribution in [0.15, 0.2) is 34.5 Å². The summed E-state index contributed by atoms with van der Waals surface area (Å²) in [4.78, 5) is 17.3. The summed E-state index contributed by atoms with van der Waals surface area (Å²) in [6.07, 6.45) is 7.07. The van der Waals surface area contributed by atoms with Gasteiger partial charge in [-0.15, -0.1) is 0 Å². The Kier molecular flexibility index (Phi) is 4.99. The molecule has 0 aromatic heterocycles. The summed E-state index contributed by atoms with van der Waals surface area (Å²) in [6, 6.07) is 5.04. The fourth-order valence-electron chi connectivity index (χ4n) is 2.40. The van der Waals surface area contributed by atoms with Crippen molar-refractivity contribution in [3.05, 3.63) is 50.7 Å². The van der Waals surface area contributed by atoms with E-state index in [1.807, 2.05) is 6.08 Å². The van der Waals surface area contributed by atoms with Gasteiger partial charge in [-0.2, -0.15) is 0 Å². The molecule has 1 aliphatic rings. The Labute approximate surface area is 121 Å². The molecule has 1 saturated carbocycles. The second-order valence-electron chi connectivity index (χ2n) is 4.77. The zero-order valence-electron chi connectivity index (χ0n) is 11.4. The molecule has 2 rings (SSSR count). The molecule has 21 heavy (non-hydrogen) atoms. The Bertz CT molecular complexity index is 668. The Morgan fingerprint density at radius 1 is 1.19 bits per heavy atom. The summed E-state index contributed by atoms with van der Waals surface area (Å²) in [5.41, 5.74) is 18.4. The molecule has 0 heterocycles. The van der Waals surface area contributed by atoms with Gasteiger partial charge in [0.15, 0.2) is 0 Å². The van der Waals surface area contributed by atoms with Crippen LogP contribution in [-0.2, 0) is 4.79 Å². The number of hydrogen-bond donors (Lipinski definition) is 0. The average Bonchev–Trinajstić information content (AvgIpc) is 2.49. The van der Waals surface area contributed by atoms with Crippen LogP contribution in [0.25, 0.3) is 27.0 Å². The second-order valence-corrected chi connectivity index (χ2v) is 4.77. The van der Waals surface area contributed by atoms with Crippen LogP contribution in [0.5, 0.6) is 0 Å². The molecule has 0 radical (unpaired) electrons. The molecule has 1 aromatic carbocycles. The molecule has 0 spiro atoms. The molecule has 0 aliphatic heterocycles. The van der Waals surface area contributed by atoms with E-state index < -0.39 is 0 Å². The minimum Gasteiger partial charge on any atom is -0.299 e. The number of benzene rings is 1. The number of ketones is 1. The Hall–Kier alpha value is -2.75. The maximum absolute atomic E-state index is 11.8. The van der Waals surface area contributed by atoms with E-state index in [9.17, 15) is 4.79 Å². The highest BCUT2D eigenvalue weighted by atomic mass is 16.1. The predicted octanol–water partition coefficient (Wildman–Crippen LogP) is 5.34. The molecule has 7 heteroatoms. The summed E-state index contributed by atoms with van der Waals surface area (Å²) in [6.45, 7) is 0. The van der Waals surface area contributed by atoms with Crippen molar-refractivity contribution in [2.75, 3.05) is 0 Å². The van der Waals surface area contributed by atoms with Crippen molar-refractivity contribution >= 4 is 23.2 Å². The number of Topliss-reactive ketones (excluding diaryl/α,β-unsaturated/α-hetero) is 1. The Morgan fingerprint density at radius 2 is 2.00 bits per heavy atom. The highest BCUT2D eigenvalue weighted by Gasteiger charge is 2.19. The molecule has 1 unspecified atom stereocenters. The number of azide groups is 2. The fraction of sp³-hybridized carbons (Fsp3) is 0.357.